The third kappa shape index (κ3) is 6.17. The molecular weight excluding hydrogens is 450 g/mol. The minimum absolute atomic E-state index is 0.148. The van der Waals surface area contributed by atoms with Gasteiger partial charge in [0.25, 0.3) is 0 Å². The number of pyridine rings is 1. The smallest absolute Gasteiger partial charge is 0.407 e. The van der Waals surface area contributed by atoms with Crippen LogP contribution in [0, 0.1) is 19.8 Å². The topological polar surface area (TPSA) is 124 Å². The molecule has 1 saturated carbocycles. The molecule has 4 rings (SSSR count). The molecular formula is C26H29N3O6. The van der Waals surface area contributed by atoms with Crippen LogP contribution in [0.25, 0.3) is 11.5 Å². The lowest BCUT2D eigenvalue weighted by molar-refractivity contribution is -0.143. The van der Waals surface area contributed by atoms with Crippen molar-refractivity contribution in [2.45, 2.75) is 58.8 Å². The first kappa shape index (κ1) is 24.3. The first-order valence-corrected chi connectivity index (χ1v) is 11.7. The maximum absolute atomic E-state index is 12.2. The van der Waals surface area contributed by atoms with Gasteiger partial charge >= 0.3 is 12.1 Å². The number of aryl methyl sites for hydroxylation is 2. The van der Waals surface area contributed by atoms with Gasteiger partial charge in [-0.3, -0.25) is 4.79 Å². The Labute approximate surface area is 203 Å². The number of nitrogens with one attached hydrogen (secondary N) is 1. The van der Waals surface area contributed by atoms with E-state index in [4.69, 9.17) is 14.0 Å². The Morgan fingerprint density at radius 3 is 2.66 bits per heavy atom. The number of amides is 1. The van der Waals surface area contributed by atoms with E-state index in [1.165, 1.54) is 0 Å². The number of carboxylic acids is 1. The summed E-state index contributed by atoms with van der Waals surface area (Å²) >= 11 is 0. The van der Waals surface area contributed by atoms with Gasteiger partial charge in [0.15, 0.2) is 5.76 Å². The Hall–Kier alpha value is -3.88. The first-order valence-electron chi connectivity index (χ1n) is 11.7. The fourth-order valence-corrected chi connectivity index (χ4v) is 4.19. The van der Waals surface area contributed by atoms with Crippen molar-refractivity contribution in [2.24, 2.45) is 5.92 Å². The second-order valence-electron chi connectivity index (χ2n) is 8.71. The van der Waals surface area contributed by atoms with Crippen molar-refractivity contribution in [3.8, 4) is 17.2 Å². The summed E-state index contributed by atoms with van der Waals surface area (Å²) in [6.07, 6.45) is 2.14. The molecule has 0 spiro atoms. The Bertz CT molecular complexity index is 1180. The number of ether oxygens (including phenoxy) is 2. The van der Waals surface area contributed by atoms with Crippen molar-refractivity contribution in [3.63, 3.8) is 0 Å². The van der Waals surface area contributed by atoms with E-state index in [2.05, 4.69) is 15.5 Å². The number of benzene rings is 1. The van der Waals surface area contributed by atoms with Crippen LogP contribution in [0.2, 0.25) is 0 Å². The van der Waals surface area contributed by atoms with Crippen molar-refractivity contribution in [1.29, 1.82) is 0 Å². The van der Waals surface area contributed by atoms with E-state index >= 15 is 0 Å². The van der Waals surface area contributed by atoms with E-state index < -0.39 is 12.1 Å². The predicted octanol–water partition coefficient (Wildman–Crippen LogP) is 4.80. The summed E-state index contributed by atoms with van der Waals surface area (Å²) in [5.74, 6) is -0.0588. The van der Waals surface area contributed by atoms with Gasteiger partial charge in [-0.1, -0.05) is 35.5 Å². The van der Waals surface area contributed by atoms with E-state index in [0.29, 0.717) is 47.0 Å². The average Bonchev–Trinajstić information content (AvgIpc) is 3.23. The van der Waals surface area contributed by atoms with Gasteiger partial charge in [0.2, 0.25) is 0 Å². The molecule has 2 atom stereocenters. The summed E-state index contributed by atoms with van der Waals surface area (Å²) < 4.78 is 16.9. The molecule has 1 aliphatic carbocycles. The lowest BCUT2D eigenvalue weighted by atomic mass is 9.87. The Morgan fingerprint density at radius 2 is 1.91 bits per heavy atom. The van der Waals surface area contributed by atoms with Crippen molar-refractivity contribution >= 4 is 12.1 Å². The van der Waals surface area contributed by atoms with Crippen molar-refractivity contribution in [1.82, 2.24) is 15.5 Å². The van der Waals surface area contributed by atoms with Crippen LogP contribution in [-0.4, -0.2) is 33.4 Å². The number of aromatic nitrogens is 2. The molecule has 9 nitrogen and oxygen atoms in total. The van der Waals surface area contributed by atoms with Crippen molar-refractivity contribution in [3.05, 3.63) is 65.0 Å². The molecule has 0 saturated heterocycles. The summed E-state index contributed by atoms with van der Waals surface area (Å²) in [4.78, 5) is 28.1. The summed E-state index contributed by atoms with van der Waals surface area (Å²) in [5, 5.41) is 16.1. The summed E-state index contributed by atoms with van der Waals surface area (Å²) in [7, 11) is 0. The minimum Gasteiger partial charge on any atom is -0.489 e. The van der Waals surface area contributed by atoms with Crippen LogP contribution in [0.5, 0.6) is 5.75 Å². The highest BCUT2D eigenvalue weighted by Crippen LogP contribution is 2.31. The van der Waals surface area contributed by atoms with Crippen LogP contribution >= 0.6 is 0 Å². The number of rotatable bonds is 8. The van der Waals surface area contributed by atoms with Gasteiger partial charge in [0.1, 0.15) is 18.1 Å². The number of hydrogen-bond donors (Lipinski definition) is 2. The van der Waals surface area contributed by atoms with E-state index in [0.717, 1.165) is 18.4 Å². The molecule has 1 aliphatic rings. The fourth-order valence-electron chi connectivity index (χ4n) is 4.19. The van der Waals surface area contributed by atoms with Crippen molar-refractivity contribution < 1.29 is 28.7 Å². The van der Waals surface area contributed by atoms with E-state index in [1.54, 1.807) is 13.0 Å². The molecule has 35 heavy (non-hydrogen) atoms. The first-order chi connectivity index (χ1) is 16.9. The number of carboxylic acid groups (broad SMARTS) is 1. The fraction of sp³-hybridized carbons (Fsp3) is 0.385. The van der Waals surface area contributed by atoms with Gasteiger partial charge in [-0.25, -0.2) is 9.78 Å². The number of alkyl carbamates (subject to hydrolysis) is 1. The van der Waals surface area contributed by atoms with Crippen LogP contribution in [0.3, 0.4) is 0 Å². The van der Waals surface area contributed by atoms with Gasteiger partial charge in [-0.15, -0.1) is 0 Å². The zero-order valence-electron chi connectivity index (χ0n) is 19.8. The van der Waals surface area contributed by atoms with E-state index in [-0.39, 0.29) is 25.2 Å². The Morgan fingerprint density at radius 1 is 1.11 bits per heavy atom. The van der Waals surface area contributed by atoms with Gasteiger partial charge in [-0.2, -0.15) is 0 Å². The molecule has 2 heterocycles. The number of carbonyl (C=O) groups is 2. The summed E-state index contributed by atoms with van der Waals surface area (Å²) in [5.41, 5.74) is 3.48. The van der Waals surface area contributed by atoms with Crippen LogP contribution in [0.1, 0.15) is 48.2 Å². The molecule has 9 heteroatoms. The monoisotopic (exact) mass is 479 g/mol. The molecule has 1 fully saturated rings. The lowest BCUT2D eigenvalue weighted by Crippen LogP contribution is -2.29. The second kappa shape index (κ2) is 11.0. The SMILES string of the molecule is Cc1nc(-c2onc(C)c2CNC(=O)OCc2ccccc2)ccc1O[C@H]1CCC[C@H](C(=O)O)C1. The molecule has 0 unspecified atom stereocenters. The predicted molar refractivity (Wildman–Crippen MR) is 127 cm³/mol. The maximum Gasteiger partial charge on any atom is 0.407 e. The van der Waals surface area contributed by atoms with E-state index in [1.807, 2.05) is 43.3 Å². The van der Waals surface area contributed by atoms with Gasteiger partial charge in [0, 0.05) is 5.56 Å². The van der Waals surface area contributed by atoms with Crippen LogP contribution < -0.4 is 10.1 Å². The molecule has 2 aromatic heterocycles. The lowest BCUT2D eigenvalue weighted by Gasteiger charge is -2.27. The average molecular weight is 480 g/mol. The van der Waals surface area contributed by atoms with Gasteiger partial charge < -0.3 is 24.4 Å². The third-order valence-corrected chi connectivity index (χ3v) is 6.15. The largest absolute Gasteiger partial charge is 0.489 e. The zero-order chi connectivity index (χ0) is 24.8. The number of nitrogens with zero attached hydrogens (tertiary/aromatic N) is 2. The molecule has 0 bridgehead atoms. The standard InChI is InChI=1S/C26H29N3O6/c1-16-21(14-27-26(32)33-15-18-7-4-3-5-8-18)24(35-29-16)22-11-12-23(17(2)28-22)34-20-10-6-9-19(13-20)25(30)31/h3-5,7-8,11-12,19-20H,6,9-10,13-15H2,1-2H3,(H,27,32)(H,30,31)/t19-,20-/m0/s1. The minimum atomic E-state index is -0.769. The van der Waals surface area contributed by atoms with Crippen LogP contribution in [0.4, 0.5) is 4.79 Å². The highest BCUT2D eigenvalue weighted by molar-refractivity contribution is 5.70. The van der Waals surface area contributed by atoms with Gasteiger partial charge in [0.05, 0.1) is 30.0 Å². The number of carbonyl (C=O) groups excluding carboxylic acids is 1. The zero-order valence-corrected chi connectivity index (χ0v) is 19.8. The van der Waals surface area contributed by atoms with E-state index in [9.17, 15) is 14.7 Å². The molecule has 1 aromatic carbocycles. The highest BCUT2D eigenvalue weighted by Gasteiger charge is 2.28. The molecule has 2 N–H and O–H groups in total. The summed E-state index contributed by atoms with van der Waals surface area (Å²) in [6, 6.07) is 13.0. The normalized spacial score (nSPS) is 17.5. The third-order valence-electron chi connectivity index (χ3n) is 6.15. The Kier molecular flexibility index (Phi) is 7.64. The molecule has 0 aliphatic heterocycles. The number of aliphatic carboxylic acids is 1. The summed E-state index contributed by atoms with van der Waals surface area (Å²) in [6.45, 7) is 3.98. The highest BCUT2D eigenvalue weighted by atomic mass is 16.5. The molecule has 3 aromatic rings. The second-order valence-corrected chi connectivity index (χ2v) is 8.71. The molecule has 1 amide bonds. The van der Waals surface area contributed by atoms with Gasteiger partial charge in [-0.05, 0) is 57.2 Å². The molecule has 0 radical (unpaired) electrons. The number of hydrogen-bond acceptors (Lipinski definition) is 7. The Balaban J connectivity index is 1.39. The molecule has 184 valence electrons. The van der Waals surface area contributed by atoms with Crippen molar-refractivity contribution in [2.75, 3.05) is 0 Å². The van der Waals surface area contributed by atoms with Crippen LogP contribution in [0.15, 0.2) is 47.0 Å². The quantitative estimate of drug-likeness (QED) is 0.472. The maximum atomic E-state index is 12.2. The van der Waals surface area contributed by atoms with Crippen LogP contribution in [-0.2, 0) is 22.7 Å².